The first-order chi connectivity index (χ1) is 13.2. The van der Waals surface area contributed by atoms with E-state index in [-0.39, 0.29) is 6.04 Å². The summed E-state index contributed by atoms with van der Waals surface area (Å²) in [4.78, 5) is 9.31. The SMILES string of the molecule is Cc1nc(CCNc2nnc(C(N)Cc3ccccc3)o2)nc2c1CCC2. The average Bonchev–Trinajstić information content (AvgIpc) is 3.32. The van der Waals surface area contributed by atoms with E-state index in [0.29, 0.717) is 31.3 Å². The Morgan fingerprint density at radius 3 is 2.85 bits per heavy atom. The molecule has 0 amide bonds. The van der Waals surface area contributed by atoms with Gasteiger partial charge in [0.15, 0.2) is 0 Å². The number of hydrogen-bond donors (Lipinski definition) is 2. The highest BCUT2D eigenvalue weighted by Crippen LogP contribution is 2.22. The van der Waals surface area contributed by atoms with E-state index in [0.717, 1.165) is 29.9 Å². The number of fused-ring (bicyclic) bond motifs is 1. The topological polar surface area (TPSA) is 103 Å². The summed E-state index contributed by atoms with van der Waals surface area (Å²) in [6.45, 7) is 2.70. The summed E-state index contributed by atoms with van der Waals surface area (Å²) in [6.07, 6.45) is 4.71. The minimum absolute atomic E-state index is 0.321. The minimum atomic E-state index is -0.321. The Bertz CT molecular complexity index is 908. The molecule has 7 nitrogen and oxygen atoms in total. The second kappa shape index (κ2) is 7.84. The minimum Gasteiger partial charge on any atom is -0.406 e. The summed E-state index contributed by atoms with van der Waals surface area (Å²) in [5, 5.41) is 11.2. The average molecular weight is 364 g/mol. The Morgan fingerprint density at radius 2 is 2.00 bits per heavy atom. The van der Waals surface area contributed by atoms with Crippen LogP contribution in [-0.2, 0) is 25.7 Å². The summed E-state index contributed by atoms with van der Waals surface area (Å²) in [6, 6.07) is 10.1. The molecule has 0 saturated carbocycles. The van der Waals surface area contributed by atoms with Crippen LogP contribution in [0.25, 0.3) is 0 Å². The maximum atomic E-state index is 6.18. The zero-order chi connectivity index (χ0) is 18.6. The van der Waals surface area contributed by atoms with Crippen molar-refractivity contribution in [1.82, 2.24) is 20.2 Å². The number of nitrogens with zero attached hydrogens (tertiary/aromatic N) is 4. The largest absolute Gasteiger partial charge is 0.406 e. The summed E-state index contributed by atoms with van der Waals surface area (Å²) in [7, 11) is 0. The highest BCUT2D eigenvalue weighted by atomic mass is 16.4. The number of anilines is 1. The molecule has 0 bridgehead atoms. The molecule has 3 aromatic rings. The first kappa shape index (κ1) is 17.6. The molecule has 3 N–H and O–H groups in total. The lowest BCUT2D eigenvalue weighted by molar-refractivity contribution is 0.457. The Labute approximate surface area is 158 Å². The summed E-state index contributed by atoms with van der Waals surface area (Å²) in [5.74, 6) is 1.30. The van der Waals surface area contributed by atoms with Crippen molar-refractivity contribution in [3.8, 4) is 0 Å². The van der Waals surface area contributed by atoms with Crippen molar-refractivity contribution in [2.45, 2.75) is 45.1 Å². The lowest BCUT2D eigenvalue weighted by atomic mass is 10.1. The normalized spacial score (nSPS) is 14.1. The van der Waals surface area contributed by atoms with Crippen LogP contribution in [0.5, 0.6) is 0 Å². The first-order valence-electron chi connectivity index (χ1n) is 9.41. The molecule has 0 aliphatic heterocycles. The zero-order valence-electron chi connectivity index (χ0n) is 15.5. The maximum Gasteiger partial charge on any atom is 0.315 e. The van der Waals surface area contributed by atoms with Gasteiger partial charge in [-0.2, -0.15) is 0 Å². The lowest BCUT2D eigenvalue weighted by Gasteiger charge is -2.07. The molecule has 2 heterocycles. The van der Waals surface area contributed by atoms with Crippen LogP contribution in [0, 0.1) is 6.92 Å². The molecule has 0 fully saturated rings. The molecule has 1 unspecified atom stereocenters. The number of rotatable bonds is 7. The van der Waals surface area contributed by atoms with Crippen molar-refractivity contribution in [2.75, 3.05) is 11.9 Å². The Kier molecular flexibility index (Phi) is 5.11. The molecule has 1 aliphatic carbocycles. The zero-order valence-corrected chi connectivity index (χ0v) is 15.5. The Balaban J connectivity index is 1.31. The van der Waals surface area contributed by atoms with E-state index in [4.69, 9.17) is 10.2 Å². The number of aryl methyl sites for hydroxylation is 2. The third kappa shape index (κ3) is 4.14. The van der Waals surface area contributed by atoms with E-state index in [2.05, 4.69) is 32.4 Å². The number of aromatic nitrogens is 4. The van der Waals surface area contributed by atoms with Crippen molar-refractivity contribution < 1.29 is 4.42 Å². The van der Waals surface area contributed by atoms with Gasteiger partial charge in [-0.3, -0.25) is 0 Å². The molecular formula is C20H24N6O. The van der Waals surface area contributed by atoms with Crippen LogP contribution in [0.1, 0.15) is 46.7 Å². The molecule has 1 atom stereocenters. The van der Waals surface area contributed by atoms with Gasteiger partial charge in [0, 0.05) is 24.4 Å². The quantitative estimate of drug-likeness (QED) is 0.664. The summed E-state index contributed by atoms with van der Waals surface area (Å²) in [5.41, 5.74) is 11.0. The number of benzene rings is 1. The fourth-order valence-electron chi connectivity index (χ4n) is 3.49. The third-order valence-corrected chi connectivity index (χ3v) is 4.87. The molecule has 140 valence electrons. The highest BCUT2D eigenvalue weighted by molar-refractivity contribution is 5.29. The van der Waals surface area contributed by atoms with Crippen molar-refractivity contribution in [3.05, 3.63) is 64.6 Å². The van der Waals surface area contributed by atoms with Crippen LogP contribution < -0.4 is 11.1 Å². The van der Waals surface area contributed by atoms with Crippen LogP contribution in [0.15, 0.2) is 34.7 Å². The maximum absolute atomic E-state index is 6.18. The van der Waals surface area contributed by atoms with Gasteiger partial charge in [-0.15, -0.1) is 5.10 Å². The highest BCUT2D eigenvalue weighted by Gasteiger charge is 2.17. The predicted molar refractivity (Wildman–Crippen MR) is 102 cm³/mol. The van der Waals surface area contributed by atoms with Gasteiger partial charge in [0.2, 0.25) is 5.89 Å². The van der Waals surface area contributed by atoms with Gasteiger partial charge >= 0.3 is 6.01 Å². The van der Waals surface area contributed by atoms with Crippen LogP contribution in [0.4, 0.5) is 6.01 Å². The van der Waals surface area contributed by atoms with Gasteiger partial charge in [-0.1, -0.05) is 35.4 Å². The molecule has 0 spiro atoms. The van der Waals surface area contributed by atoms with Crippen molar-refractivity contribution in [3.63, 3.8) is 0 Å². The van der Waals surface area contributed by atoms with Crippen molar-refractivity contribution >= 4 is 6.01 Å². The second-order valence-corrected chi connectivity index (χ2v) is 6.92. The standard InChI is InChI=1S/C20H24N6O/c1-13-15-8-5-9-17(15)24-18(23-13)10-11-22-20-26-25-19(27-20)16(21)12-14-6-3-2-4-7-14/h2-4,6-7,16H,5,8-12,21H2,1H3,(H,22,26). The fourth-order valence-corrected chi connectivity index (χ4v) is 3.49. The van der Waals surface area contributed by atoms with Crippen LogP contribution >= 0.6 is 0 Å². The van der Waals surface area contributed by atoms with E-state index in [9.17, 15) is 0 Å². The number of nitrogens with one attached hydrogen (secondary N) is 1. The Hall–Kier alpha value is -2.80. The molecule has 4 rings (SSSR count). The van der Waals surface area contributed by atoms with Gasteiger partial charge in [-0.05, 0) is 43.7 Å². The molecule has 1 aliphatic rings. The fraction of sp³-hybridized carbons (Fsp3) is 0.400. The van der Waals surface area contributed by atoms with E-state index >= 15 is 0 Å². The molecular weight excluding hydrogens is 340 g/mol. The molecule has 7 heteroatoms. The molecule has 1 aromatic carbocycles. The van der Waals surface area contributed by atoms with Crippen LogP contribution in [-0.4, -0.2) is 26.7 Å². The van der Waals surface area contributed by atoms with E-state index in [1.807, 2.05) is 30.3 Å². The van der Waals surface area contributed by atoms with E-state index in [1.165, 1.54) is 17.7 Å². The monoisotopic (exact) mass is 364 g/mol. The van der Waals surface area contributed by atoms with Crippen molar-refractivity contribution in [2.24, 2.45) is 5.73 Å². The molecule has 0 saturated heterocycles. The summed E-state index contributed by atoms with van der Waals surface area (Å²) >= 11 is 0. The Morgan fingerprint density at radius 1 is 1.15 bits per heavy atom. The van der Waals surface area contributed by atoms with E-state index in [1.54, 1.807) is 0 Å². The third-order valence-electron chi connectivity index (χ3n) is 4.87. The lowest BCUT2D eigenvalue weighted by Crippen LogP contribution is -2.13. The van der Waals surface area contributed by atoms with Gasteiger partial charge in [0.05, 0.1) is 6.04 Å². The van der Waals surface area contributed by atoms with Gasteiger partial charge in [0.25, 0.3) is 0 Å². The smallest absolute Gasteiger partial charge is 0.315 e. The van der Waals surface area contributed by atoms with Crippen LogP contribution in [0.3, 0.4) is 0 Å². The molecule has 0 radical (unpaired) electrons. The van der Waals surface area contributed by atoms with Gasteiger partial charge in [0.1, 0.15) is 5.82 Å². The van der Waals surface area contributed by atoms with E-state index < -0.39 is 0 Å². The molecule has 27 heavy (non-hydrogen) atoms. The summed E-state index contributed by atoms with van der Waals surface area (Å²) < 4.78 is 5.65. The predicted octanol–water partition coefficient (Wildman–Crippen LogP) is 2.55. The first-order valence-corrected chi connectivity index (χ1v) is 9.41. The number of nitrogens with two attached hydrogens (primary N) is 1. The van der Waals surface area contributed by atoms with Gasteiger partial charge in [-0.25, -0.2) is 9.97 Å². The van der Waals surface area contributed by atoms with Crippen LogP contribution in [0.2, 0.25) is 0 Å². The second-order valence-electron chi connectivity index (χ2n) is 6.92. The number of hydrogen-bond acceptors (Lipinski definition) is 7. The molecule has 2 aromatic heterocycles. The van der Waals surface area contributed by atoms with Gasteiger partial charge < -0.3 is 15.5 Å². The van der Waals surface area contributed by atoms with Crippen molar-refractivity contribution in [1.29, 1.82) is 0 Å².